The van der Waals surface area contributed by atoms with Gasteiger partial charge in [-0.3, -0.25) is 15.6 Å². The van der Waals surface area contributed by atoms with Crippen molar-refractivity contribution >= 4 is 50.8 Å². The van der Waals surface area contributed by atoms with Crippen molar-refractivity contribution in [2.24, 2.45) is 0 Å². The van der Waals surface area contributed by atoms with E-state index in [1.807, 2.05) is 0 Å². The molecule has 1 aliphatic heterocycles. The van der Waals surface area contributed by atoms with Gasteiger partial charge in [-0.15, -0.1) is 0 Å². The molecule has 1 saturated heterocycles. The van der Waals surface area contributed by atoms with E-state index in [1.54, 1.807) is 18.2 Å². The third-order valence-electron chi connectivity index (χ3n) is 3.08. The van der Waals surface area contributed by atoms with E-state index in [-0.39, 0.29) is 18.6 Å². The Hall–Kier alpha value is -1.09. The fraction of sp³-hybridized carbons (Fsp3) is 0.429. The number of thiocarbonyl (C=S) groups is 1. The van der Waals surface area contributed by atoms with Gasteiger partial charge in [0.1, 0.15) is 5.75 Å². The van der Waals surface area contributed by atoms with Crippen LogP contribution in [0.25, 0.3) is 0 Å². The second-order valence-electron chi connectivity index (χ2n) is 4.88. The van der Waals surface area contributed by atoms with Crippen LogP contribution in [0.2, 0.25) is 5.02 Å². The van der Waals surface area contributed by atoms with Crippen LogP contribution in [0.15, 0.2) is 22.7 Å². The van der Waals surface area contributed by atoms with Crippen LogP contribution >= 0.6 is 39.7 Å². The summed E-state index contributed by atoms with van der Waals surface area (Å²) in [6.45, 7) is 1.23. The molecule has 1 fully saturated rings. The van der Waals surface area contributed by atoms with Crippen molar-refractivity contribution in [2.45, 2.75) is 18.9 Å². The average molecular weight is 423 g/mol. The number of halogens is 2. The zero-order valence-electron chi connectivity index (χ0n) is 12.2. The van der Waals surface area contributed by atoms with E-state index in [2.05, 4.69) is 32.1 Å². The van der Waals surface area contributed by atoms with Gasteiger partial charge in [-0.05, 0) is 43.3 Å². The van der Waals surface area contributed by atoms with Crippen LogP contribution in [0.1, 0.15) is 12.8 Å². The first kappa shape index (κ1) is 18.3. The summed E-state index contributed by atoms with van der Waals surface area (Å²) in [6.07, 6.45) is 2.26. The van der Waals surface area contributed by atoms with Crippen molar-refractivity contribution in [1.82, 2.24) is 16.2 Å². The quantitative estimate of drug-likeness (QED) is 0.499. The molecule has 0 unspecified atom stereocenters. The fourth-order valence-corrected chi connectivity index (χ4v) is 2.82. The van der Waals surface area contributed by atoms with Gasteiger partial charge in [-0.1, -0.05) is 27.5 Å². The number of hydrogen-bond acceptors (Lipinski definition) is 4. The van der Waals surface area contributed by atoms with E-state index in [9.17, 15) is 4.79 Å². The van der Waals surface area contributed by atoms with Crippen LogP contribution in [0.3, 0.4) is 0 Å². The minimum absolute atomic E-state index is 0.174. The molecule has 0 bridgehead atoms. The van der Waals surface area contributed by atoms with Crippen molar-refractivity contribution in [2.75, 3.05) is 19.8 Å². The molecule has 1 amide bonds. The summed E-state index contributed by atoms with van der Waals surface area (Å²) in [5.74, 6) is 0.0642. The summed E-state index contributed by atoms with van der Waals surface area (Å²) in [4.78, 5) is 11.7. The third-order valence-corrected chi connectivity index (χ3v) is 4.12. The number of rotatable bonds is 5. The Labute approximate surface area is 153 Å². The molecule has 1 aromatic carbocycles. The Kier molecular flexibility index (Phi) is 7.35. The minimum Gasteiger partial charge on any atom is -0.482 e. The molecule has 0 aromatic heterocycles. The van der Waals surface area contributed by atoms with Crippen LogP contribution in [0.5, 0.6) is 5.75 Å². The number of nitrogens with one attached hydrogen (secondary N) is 3. The minimum atomic E-state index is -0.370. The number of benzene rings is 1. The molecule has 0 radical (unpaired) electrons. The van der Waals surface area contributed by atoms with E-state index in [4.69, 9.17) is 33.3 Å². The van der Waals surface area contributed by atoms with Gasteiger partial charge in [-0.25, -0.2) is 0 Å². The van der Waals surface area contributed by atoms with Gasteiger partial charge in [0.2, 0.25) is 0 Å². The summed E-state index contributed by atoms with van der Waals surface area (Å²) < 4.78 is 11.6. The Bertz CT molecular complexity index is 570. The number of ether oxygens (including phenoxy) is 2. The van der Waals surface area contributed by atoms with Gasteiger partial charge in [0.15, 0.2) is 11.7 Å². The molecule has 3 N–H and O–H groups in total. The topological polar surface area (TPSA) is 71.6 Å². The van der Waals surface area contributed by atoms with Gasteiger partial charge >= 0.3 is 0 Å². The molecule has 1 atom stereocenters. The first-order valence-electron chi connectivity index (χ1n) is 7.07. The van der Waals surface area contributed by atoms with Crippen molar-refractivity contribution in [1.29, 1.82) is 0 Å². The maximum atomic E-state index is 11.7. The highest BCUT2D eigenvalue weighted by atomic mass is 79.9. The average Bonchev–Trinajstić information content (AvgIpc) is 3.03. The fourth-order valence-electron chi connectivity index (χ4n) is 1.95. The SMILES string of the molecule is O=C(COc1ccc(Br)cc1Cl)NNC(=S)NC[C@H]1CCCO1. The summed E-state index contributed by atoms with van der Waals surface area (Å²) in [5, 5.41) is 3.74. The van der Waals surface area contributed by atoms with Crippen LogP contribution in [0.4, 0.5) is 0 Å². The molecule has 1 aliphatic rings. The number of carbonyl (C=O) groups is 1. The van der Waals surface area contributed by atoms with Gasteiger partial charge in [0, 0.05) is 17.6 Å². The predicted molar refractivity (Wildman–Crippen MR) is 95.5 cm³/mol. The smallest absolute Gasteiger partial charge is 0.276 e. The van der Waals surface area contributed by atoms with Gasteiger partial charge in [-0.2, -0.15) is 0 Å². The molecular weight excluding hydrogens is 406 g/mol. The third kappa shape index (κ3) is 6.50. The Morgan fingerprint density at radius 3 is 3.00 bits per heavy atom. The molecule has 0 spiro atoms. The van der Waals surface area contributed by atoms with Crippen molar-refractivity contribution in [3.63, 3.8) is 0 Å². The highest BCUT2D eigenvalue weighted by molar-refractivity contribution is 9.10. The molecule has 0 saturated carbocycles. The van der Waals surface area contributed by atoms with Crippen molar-refractivity contribution in [3.05, 3.63) is 27.7 Å². The van der Waals surface area contributed by atoms with Crippen molar-refractivity contribution in [3.8, 4) is 5.75 Å². The lowest BCUT2D eigenvalue weighted by atomic mass is 10.2. The second kappa shape index (κ2) is 9.27. The van der Waals surface area contributed by atoms with Crippen LogP contribution in [0, 0.1) is 0 Å². The van der Waals surface area contributed by atoms with Gasteiger partial charge < -0.3 is 14.8 Å². The van der Waals surface area contributed by atoms with E-state index in [0.717, 1.165) is 23.9 Å². The van der Waals surface area contributed by atoms with Crippen LogP contribution in [-0.4, -0.2) is 36.9 Å². The maximum Gasteiger partial charge on any atom is 0.276 e. The highest BCUT2D eigenvalue weighted by Crippen LogP contribution is 2.27. The summed E-state index contributed by atoms with van der Waals surface area (Å²) in [6, 6.07) is 5.15. The number of carbonyl (C=O) groups excluding carboxylic acids is 1. The Morgan fingerprint density at radius 1 is 1.48 bits per heavy atom. The van der Waals surface area contributed by atoms with E-state index < -0.39 is 0 Å². The van der Waals surface area contributed by atoms with E-state index in [1.165, 1.54) is 0 Å². The Morgan fingerprint density at radius 2 is 2.30 bits per heavy atom. The first-order chi connectivity index (χ1) is 11.0. The zero-order valence-corrected chi connectivity index (χ0v) is 15.4. The Balaban J connectivity index is 1.63. The van der Waals surface area contributed by atoms with E-state index in [0.29, 0.717) is 22.4 Å². The summed E-state index contributed by atoms with van der Waals surface area (Å²) >= 11 is 14.4. The van der Waals surface area contributed by atoms with Crippen molar-refractivity contribution < 1.29 is 14.3 Å². The predicted octanol–water partition coefficient (Wildman–Crippen LogP) is 2.16. The number of hydrogen-bond donors (Lipinski definition) is 3. The monoisotopic (exact) mass is 421 g/mol. The second-order valence-corrected chi connectivity index (χ2v) is 6.61. The normalized spacial score (nSPS) is 16.7. The van der Waals surface area contributed by atoms with Gasteiger partial charge in [0.25, 0.3) is 5.91 Å². The molecule has 1 heterocycles. The molecule has 126 valence electrons. The molecule has 23 heavy (non-hydrogen) atoms. The lowest BCUT2D eigenvalue weighted by Gasteiger charge is -2.14. The molecule has 6 nitrogen and oxygen atoms in total. The van der Waals surface area contributed by atoms with Gasteiger partial charge in [0.05, 0.1) is 11.1 Å². The first-order valence-corrected chi connectivity index (χ1v) is 8.64. The van der Waals surface area contributed by atoms with Crippen LogP contribution < -0.4 is 20.9 Å². The van der Waals surface area contributed by atoms with E-state index >= 15 is 0 Å². The largest absolute Gasteiger partial charge is 0.482 e. The lowest BCUT2D eigenvalue weighted by Crippen LogP contribution is -2.49. The molecule has 0 aliphatic carbocycles. The van der Waals surface area contributed by atoms with Crippen LogP contribution in [-0.2, 0) is 9.53 Å². The standard InChI is InChI=1S/C14H17BrClN3O3S/c15-9-3-4-12(11(16)6-9)22-8-13(20)18-19-14(23)17-7-10-2-1-5-21-10/h3-4,6,10H,1-2,5,7-8H2,(H,18,20)(H2,17,19,23)/t10-/m1/s1. The number of amides is 1. The highest BCUT2D eigenvalue weighted by Gasteiger charge is 2.15. The summed E-state index contributed by atoms with van der Waals surface area (Å²) in [5.41, 5.74) is 5.06. The number of hydrazine groups is 1. The molecule has 2 rings (SSSR count). The zero-order chi connectivity index (χ0) is 16.7. The molecule has 9 heteroatoms. The maximum absolute atomic E-state index is 11.7. The molecular formula is C14H17BrClN3O3S. The molecule has 1 aromatic rings. The summed E-state index contributed by atoms with van der Waals surface area (Å²) in [7, 11) is 0. The lowest BCUT2D eigenvalue weighted by molar-refractivity contribution is -0.123.